The summed E-state index contributed by atoms with van der Waals surface area (Å²) in [5, 5.41) is 4.20. The highest BCUT2D eigenvalue weighted by atomic mass is 16.2. The van der Waals surface area contributed by atoms with Crippen molar-refractivity contribution in [3.05, 3.63) is 48.5 Å². The molecule has 8 heteroatoms. The van der Waals surface area contributed by atoms with Crippen molar-refractivity contribution < 1.29 is 9.59 Å². The predicted molar refractivity (Wildman–Crippen MR) is 107 cm³/mol. The van der Waals surface area contributed by atoms with Crippen LogP contribution in [0.25, 0.3) is 11.0 Å². The maximum atomic E-state index is 13.1. The summed E-state index contributed by atoms with van der Waals surface area (Å²) in [4.78, 5) is 37.3. The lowest BCUT2D eigenvalue weighted by Crippen LogP contribution is -2.47. The van der Waals surface area contributed by atoms with E-state index in [1.54, 1.807) is 17.2 Å². The molecule has 8 nitrogen and oxygen atoms in total. The second-order valence-electron chi connectivity index (χ2n) is 8.22. The fourth-order valence-corrected chi connectivity index (χ4v) is 4.70. The normalized spacial score (nSPS) is 22.2. The van der Waals surface area contributed by atoms with Crippen LogP contribution in [0.5, 0.6) is 0 Å². The number of amides is 2. The molecule has 0 spiro atoms. The van der Waals surface area contributed by atoms with Crippen LogP contribution in [0.3, 0.4) is 0 Å². The van der Waals surface area contributed by atoms with Gasteiger partial charge in [-0.15, -0.1) is 0 Å². The average molecular weight is 392 g/mol. The minimum atomic E-state index is -0.138. The first-order valence-electron chi connectivity index (χ1n) is 10.1. The van der Waals surface area contributed by atoms with Crippen molar-refractivity contribution >= 4 is 22.8 Å². The quantitative estimate of drug-likeness (QED) is 0.733. The molecule has 150 valence electrons. The highest BCUT2D eigenvalue weighted by Gasteiger charge is 2.43. The van der Waals surface area contributed by atoms with Gasteiger partial charge in [0.1, 0.15) is 0 Å². The Kier molecular flexibility index (Phi) is 4.34. The molecule has 2 saturated heterocycles. The lowest BCUT2D eigenvalue weighted by Gasteiger charge is -2.33. The molecule has 1 aromatic carbocycles. The Labute approximate surface area is 168 Å². The van der Waals surface area contributed by atoms with E-state index < -0.39 is 0 Å². The van der Waals surface area contributed by atoms with Crippen molar-refractivity contribution in [3.8, 4) is 0 Å². The van der Waals surface area contributed by atoms with Crippen molar-refractivity contribution in [3.63, 3.8) is 0 Å². The molecule has 0 aliphatic carbocycles. The SMILES string of the molecule is CC(Cn1cccn1)C(=O)N1CC2CC1CN(C(=O)c1ccc3nc[nH]c3c1)C2. The second-order valence-corrected chi connectivity index (χ2v) is 8.22. The number of aromatic nitrogens is 4. The number of piperidine rings is 1. The van der Waals surface area contributed by atoms with Crippen LogP contribution in [0.2, 0.25) is 0 Å². The van der Waals surface area contributed by atoms with Crippen LogP contribution in [-0.2, 0) is 11.3 Å². The zero-order valence-electron chi connectivity index (χ0n) is 16.4. The number of nitrogens with zero attached hydrogens (tertiary/aromatic N) is 5. The number of imidazole rings is 1. The average Bonchev–Trinajstić information content (AvgIpc) is 3.46. The lowest BCUT2D eigenvalue weighted by atomic mass is 9.99. The Morgan fingerprint density at radius 2 is 2.17 bits per heavy atom. The third-order valence-electron chi connectivity index (χ3n) is 6.09. The van der Waals surface area contributed by atoms with E-state index in [1.165, 1.54) is 0 Å². The van der Waals surface area contributed by atoms with Crippen LogP contribution in [-0.4, -0.2) is 67.0 Å². The van der Waals surface area contributed by atoms with Crippen LogP contribution in [0.4, 0.5) is 0 Å². The van der Waals surface area contributed by atoms with E-state index in [2.05, 4.69) is 15.1 Å². The molecule has 2 aliphatic rings. The number of likely N-dealkylation sites (tertiary alicyclic amines) is 2. The van der Waals surface area contributed by atoms with Crippen LogP contribution < -0.4 is 0 Å². The second kappa shape index (κ2) is 7.02. The van der Waals surface area contributed by atoms with E-state index in [9.17, 15) is 9.59 Å². The van der Waals surface area contributed by atoms with Crippen molar-refractivity contribution in [1.82, 2.24) is 29.5 Å². The van der Waals surface area contributed by atoms with Gasteiger partial charge in [-0.05, 0) is 36.6 Å². The molecule has 2 amide bonds. The Morgan fingerprint density at radius 1 is 1.28 bits per heavy atom. The third-order valence-corrected chi connectivity index (χ3v) is 6.09. The van der Waals surface area contributed by atoms with Gasteiger partial charge in [0.25, 0.3) is 5.91 Å². The topological polar surface area (TPSA) is 87.1 Å². The van der Waals surface area contributed by atoms with Gasteiger partial charge in [-0.1, -0.05) is 6.92 Å². The summed E-state index contributed by atoms with van der Waals surface area (Å²) in [6.45, 7) is 4.56. The van der Waals surface area contributed by atoms with Gasteiger partial charge in [-0.25, -0.2) is 4.98 Å². The molecular weight excluding hydrogens is 368 g/mol. The van der Waals surface area contributed by atoms with Gasteiger partial charge >= 0.3 is 0 Å². The highest BCUT2D eigenvalue weighted by Crippen LogP contribution is 2.32. The monoisotopic (exact) mass is 392 g/mol. The zero-order chi connectivity index (χ0) is 20.0. The first kappa shape index (κ1) is 17.9. The summed E-state index contributed by atoms with van der Waals surface area (Å²) in [6.07, 6.45) is 6.21. The van der Waals surface area contributed by atoms with E-state index >= 15 is 0 Å². The first-order valence-corrected chi connectivity index (χ1v) is 10.1. The van der Waals surface area contributed by atoms with Crippen LogP contribution >= 0.6 is 0 Å². The number of nitrogens with one attached hydrogen (secondary N) is 1. The van der Waals surface area contributed by atoms with Crippen LogP contribution in [0.1, 0.15) is 23.7 Å². The number of aromatic amines is 1. The van der Waals surface area contributed by atoms with Crippen molar-refractivity contribution in [1.29, 1.82) is 0 Å². The van der Waals surface area contributed by atoms with E-state index in [0.29, 0.717) is 31.1 Å². The molecular formula is C21H24N6O2. The minimum absolute atomic E-state index is 0.0232. The van der Waals surface area contributed by atoms with E-state index in [0.717, 1.165) is 24.0 Å². The zero-order valence-corrected chi connectivity index (χ0v) is 16.4. The highest BCUT2D eigenvalue weighted by molar-refractivity contribution is 5.97. The number of rotatable bonds is 4. The number of carbonyl (C=O) groups is 2. The third kappa shape index (κ3) is 3.28. The summed E-state index contributed by atoms with van der Waals surface area (Å²) < 4.78 is 1.80. The molecule has 4 heterocycles. The molecule has 3 atom stereocenters. The number of carbonyl (C=O) groups excluding carboxylic acids is 2. The summed E-state index contributed by atoms with van der Waals surface area (Å²) in [5.74, 6) is 0.381. The van der Waals surface area contributed by atoms with Gasteiger partial charge in [0, 0.05) is 43.6 Å². The maximum absolute atomic E-state index is 13.1. The number of benzene rings is 1. The Bertz CT molecular complexity index is 1040. The number of H-pyrrole nitrogens is 1. The van der Waals surface area contributed by atoms with Gasteiger partial charge in [-0.2, -0.15) is 5.10 Å². The van der Waals surface area contributed by atoms with Gasteiger partial charge in [-0.3, -0.25) is 14.3 Å². The summed E-state index contributed by atoms with van der Waals surface area (Å²) in [6, 6.07) is 7.52. The number of fused-ring (bicyclic) bond motifs is 3. The number of hydrogen-bond acceptors (Lipinski definition) is 4. The fraction of sp³-hybridized carbons (Fsp3) is 0.429. The molecule has 2 bridgehead atoms. The molecule has 2 aliphatic heterocycles. The van der Waals surface area contributed by atoms with Crippen LogP contribution in [0.15, 0.2) is 43.0 Å². The molecule has 0 saturated carbocycles. The largest absolute Gasteiger partial charge is 0.345 e. The molecule has 2 aromatic heterocycles. The van der Waals surface area contributed by atoms with Crippen LogP contribution in [0, 0.1) is 11.8 Å². The molecule has 29 heavy (non-hydrogen) atoms. The van der Waals surface area contributed by atoms with Crippen molar-refractivity contribution in [2.75, 3.05) is 19.6 Å². The molecule has 3 unspecified atom stereocenters. The lowest BCUT2D eigenvalue weighted by molar-refractivity contribution is -0.136. The van der Waals surface area contributed by atoms with E-state index in [-0.39, 0.29) is 23.8 Å². The standard InChI is InChI=1S/C21H24N6O2/c1-14(9-26-6-2-5-24-26)20(28)27-11-15-7-17(27)12-25(10-15)21(29)16-3-4-18-19(8-16)23-13-22-18/h2-6,8,13-15,17H,7,9-12H2,1H3,(H,22,23). The molecule has 5 rings (SSSR count). The Hall–Kier alpha value is -3.16. The van der Waals surface area contributed by atoms with E-state index in [1.807, 2.05) is 47.2 Å². The molecule has 3 aromatic rings. The van der Waals surface area contributed by atoms with Crippen molar-refractivity contribution in [2.24, 2.45) is 11.8 Å². The molecule has 0 radical (unpaired) electrons. The van der Waals surface area contributed by atoms with Crippen molar-refractivity contribution in [2.45, 2.75) is 25.9 Å². The van der Waals surface area contributed by atoms with Gasteiger partial charge < -0.3 is 14.8 Å². The van der Waals surface area contributed by atoms with Gasteiger partial charge in [0.05, 0.1) is 29.8 Å². The Balaban J connectivity index is 1.28. The fourth-order valence-electron chi connectivity index (χ4n) is 4.70. The Morgan fingerprint density at radius 3 is 3.00 bits per heavy atom. The molecule has 1 N–H and O–H groups in total. The van der Waals surface area contributed by atoms with E-state index in [4.69, 9.17) is 0 Å². The molecule has 2 fully saturated rings. The number of hydrogen-bond donors (Lipinski definition) is 1. The summed E-state index contributed by atoms with van der Waals surface area (Å²) >= 11 is 0. The predicted octanol–water partition coefficient (Wildman–Crippen LogP) is 1.77. The van der Waals surface area contributed by atoms with Gasteiger partial charge in [0.2, 0.25) is 5.91 Å². The smallest absolute Gasteiger partial charge is 0.254 e. The summed E-state index contributed by atoms with van der Waals surface area (Å²) in [7, 11) is 0. The first-order chi connectivity index (χ1) is 14.1. The summed E-state index contributed by atoms with van der Waals surface area (Å²) in [5.41, 5.74) is 2.37. The van der Waals surface area contributed by atoms with Gasteiger partial charge in [0.15, 0.2) is 0 Å². The maximum Gasteiger partial charge on any atom is 0.254 e. The minimum Gasteiger partial charge on any atom is -0.345 e.